The van der Waals surface area contributed by atoms with E-state index in [1.165, 1.54) is 11.6 Å². The topological polar surface area (TPSA) is 50.4 Å². The van der Waals surface area contributed by atoms with Crippen LogP contribution in [0.25, 0.3) is 0 Å². The number of aromatic hydroxyl groups is 1. The first-order chi connectivity index (χ1) is 8.15. The monoisotopic (exact) mass is 248 g/mol. The van der Waals surface area contributed by atoms with Crippen LogP contribution in [0.1, 0.15) is 11.3 Å². The number of hydrogen-bond acceptors (Lipinski definition) is 4. The van der Waals surface area contributed by atoms with Crippen LogP contribution in [0.5, 0.6) is 5.75 Å². The van der Waals surface area contributed by atoms with Crippen LogP contribution in [0.4, 0.5) is 0 Å². The third kappa shape index (κ3) is 3.14. The second kappa shape index (κ2) is 5.10. The minimum Gasteiger partial charge on any atom is -0.502 e. The third-order valence-electron chi connectivity index (χ3n) is 2.24. The van der Waals surface area contributed by atoms with E-state index < -0.39 is 5.43 Å². The van der Waals surface area contributed by atoms with Crippen LogP contribution in [0.15, 0.2) is 50.7 Å². The standard InChI is InChI=1S/C13H12O3S/c1-9-3-2-4-11(5-9)17-8-10-6-12(14)13(15)7-16-10/h2-7,15H,8H2,1H3. The van der Waals surface area contributed by atoms with Crippen molar-refractivity contribution in [1.82, 2.24) is 0 Å². The molecule has 0 atom stereocenters. The summed E-state index contributed by atoms with van der Waals surface area (Å²) in [6.07, 6.45) is 1.08. The Morgan fingerprint density at radius 2 is 2.18 bits per heavy atom. The molecular formula is C13H12O3S. The summed E-state index contributed by atoms with van der Waals surface area (Å²) >= 11 is 1.59. The Morgan fingerprint density at radius 3 is 2.88 bits per heavy atom. The molecule has 0 radical (unpaired) electrons. The normalized spacial score (nSPS) is 10.4. The molecular weight excluding hydrogens is 236 g/mol. The zero-order valence-electron chi connectivity index (χ0n) is 9.34. The summed E-state index contributed by atoms with van der Waals surface area (Å²) in [6, 6.07) is 9.42. The van der Waals surface area contributed by atoms with Gasteiger partial charge in [-0.05, 0) is 19.1 Å². The fourth-order valence-corrected chi connectivity index (χ4v) is 2.28. The lowest BCUT2D eigenvalue weighted by molar-refractivity contribution is 0.419. The molecule has 0 aliphatic rings. The fraction of sp³-hybridized carbons (Fsp3) is 0.154. The van der Waals surface area contributed by atoms with Gasteiger partial charge in [0.05, 0.1) is 5.75 Å². The van der Waals surface area contributed by atoms with Gasteiger partial charge in [0.1, 0.15) is 12.0 Å². The lowest BCUT2D eigenvalue weighted by atomic mass is 10.2. The summed E-state index contributed by atoms with van der Waals surface area (Å²) in [5.74, 6) is 0.771. The highest BCUT2D eigenvalue weighted by Gasteiger charge is 2.02. The van der Waals surface area contributed by atoms with Crippen molar-refractivity contribution in [2.24, 2.45) is 0 Å². The predicted molar refractivity (Wildman–Crippen MR) is 67.4 cm³/mol. The van der Waals surface area contributed by atoms with Crippen molar-refractivity contribution < 1.29 is 9.52 Å². The van der Waals surface area contributed by atoms with Crippen molar-refractivity contribution in [2.75, 3.05) is 0 Å². The molecule has 1 aromatic heterocycles. The SMILES string of the molecule is Cc1cccc(SCc2cc(=O)c(O)co2)c1. The average molecular weight is 248 g/mol. The van der Waals surface area contributed by atoms with E-state index in [2.05, 4.69) is 6.07 Å². The maximum Gasteiger partial charge on any atom is 0.226 e. The molecule has 17 heavy (non-hydrogen) atoms. The van der Waals surface area contributed by atoms with Crippen molar-refractivity contribution in [3.8, 4) is 5.75 Å². The van der Waals surface area contributed by atoms with E-state index in [0.717, 1.165) is 11.2 Å². The smallest absolute Gasteiger partial charge is 0.226 e. The molecule has 0 saturated carbocycles. The van der Waals surface area contributed by atoms with Crippen LogP contribution < -0.4 is 5.43 Å². The van der Waals surface area contributed by atoms with Crippen LogP contribution in [-0.4, -0.2) is 5.11 Å². The predicted octanol–water partition coefficient (Wildman–Crippen LogP) is 2.95. The highest BCUT2D eigenvalue weighted by atomic mass is 32.2. The van der Waals surface area contributed by atoms with Crippen molar-refractivity contribution in [3.05, 3.63) is 58.1 Å². The molecule has 0 aliphatic carbocycles. The summed E-state index contributed by atoms with van der Waals surface area (Å²) < 4.78 is 5.12. The van der Waals surface area contributed by atoms with Gasteiger partial charge in [-0.1, -0.05) is 17.7 Å². The summed E-state index contributed by atoms with van der Waals surface area (Å²) in [6.45, 7) is 2.03. The molecule has 1 aromatic carbocycles. The first kappa shape index (κ1) is 11.8. The molecule has 2 aromatic rings. The highest BCUT2D eigenvalue weighted by molar-refractivity contribution is 7.98. The minimum absolute atomic E-state index is 0.352. The number of thioether (sulfide) groups is 1. The average Bonchev–Trinajstić information content (AvgIpc) is 2.31. The minimum atomic E-state index is -0.406. The van der Waals surface area contributed by atoms with E-state index in [1.54, 1.807) is 11.8 Å². The van der Waals surface area contributed by atoms with Crippen LogP contribution in [-0.2, 0) is 5.75 Å². The Labute approximate surface area is 103 Å². The van der Waals surface area contributed by atoms with Crippen LogP contribution >= 0.6 is 11.8 Å². The van der Waals surface area contributed by atoms with Gasteiger partial charge in [0.2, 0.25) is 5.43 Å². The zero-order valence-corrected chi connectivity index (χ0v) is 10.2. The molecule has 0 bridgehead atoms. The van der Waals surface area contributed by atoms with Gasteiger partial charge in [-0.15, -0.1) is 11.8 Å². The molecule has 3 nitrogen and oxygen atoms in total. The van der Waals surface area contributed by atoms with Gasteiger partial charge >= 0.3 is 0 Å². The Bertz CT molecular complexity index is 575. The van der Waals surface area contributed by atoms with E-state index in [-0.39, 0.29) is 5.75 Å². The van der Waals surface area contributed by atoms with E-state index in [4.69, 9.17) is 9.52 Å². The molecule has 4 heteroatoms. The first-order valence-electron chi connectivity index (χ1n) is 5.15. The summed E-state index contributed by atoms with van der Waals surface area (Å²) in [4.78, 5) is 12.3. The second-order valence-corrected chi connectivity index (χ2v) is 4.75. The third-order valence-corrected chi connectivity index (χ3v) is 3.25. The first-order valence-corrected chi connectivity index (χ1v) is 6.14. The van der Waals surface area contributed by atoms with Crippen molar-refractivity contribution in [2.45, 2.75) is 17.6 Å². The fourth-order valence-electron chi connectivity index (χ4n) is 1.38. The molecule has 2 rings (SSSR count). The van der Waals surface area contributed by atoms with Crippen molar-refractivity contribution in [3.63, 3.8) is 0 Å². The van der Waals surface area contributed by atoms with Gasteiger partial charge in [0.15, 0.2) is 5.75 Å². The molecule has 0 amide bonds. The summed E-state index contributed by atoms with van der Waals surface area (Å²) in [5, 5.41) is 9.05. The quantitative estimate of drug-likeness (QED) is 0.848. The summed E-state index contributed by atoms with van der Waals surface area (Å²) in [7, 11) is 0. The highest BCUT2D eigenvalue weighted by Crippen LogP contribution is 2.23. The number of rotatable bonds is 3. The lowest BCUT2D eigenvalue weighted by Crippen LogP contribution is -1.98. The van der Waals surface area contributed by atoms with Gasteiger partial charge in [0, 0.05) is 11.0 Å². The van der Waals surface area contributed by atoms with E-state index in [9.17, 15) is 4.79 Å². The number of aryl methyl sites for hydroxylation is 1. The van der Waals surface area contributed by atoms with E-state index in [1.807, 2.05) is 25.1 Å². The Morgan fingerprint density at radius 1 is 1.35 bits per heavy atom. The molecule has 0 unspecified atom stereocenters. The maximum atomic E-state index is 11.2. The number of hydrogen-bond donors (Lipinski definition) is 1. The van der Waals surface area contributed by atoms with Crippen LogP contribution in [0.3, 0.4) is 0 Å². The van der Waals surface area contributed by atoms with Gasteiger partial charge in [-0.25, -0.2) is 0 Å². The molecule has 1 heterocycles. The van der Waals surface area contributed by atoms with E-state index >= 15 is 0 Å². The molecule has 0 aliphatic heterocycles. The molecule has 0 fully saturated rings. The van der Waals surface area contributed by atoms with E-state index in [0.29, 0.717) is 11.5 Å². The Hall–Kier alpha value is -1.68. The van der Waals surface area contributed by atoms with Crippen molar-refractivity contribution >= 4 is 11.8 Å². The molecule has 0 saturated heterocycles. The largest absolute Gasteiger partial charge is 0.502 e. The van der Waals surface area contributed by atoms with Crippen LogP contribution in [0.2, 0.25) is 0 Å². The Kier molecular flexibility index (Phi) is 3.54. The van der Waals surface area contributed by atoms with Gasteiger partial charge in [-0.3, -0.25) is 4.79 Å². The van der Waals surface area contributed by atoms with Crippen LogP contribution in [0, 0.1) is 6.92 Å². The summed E-state index contributed by atoms with van der Waals surface area (Å²) in [5.41, 5.74) is 0.790. The molecule has 0 spiro atoms. The van der Waals surface area contributed by atoms with Gasteiger partial charge in [0.25, 0.3) is 0 Å². The second-order valence-electron chi connectivity index (χ2n) is 3.70. The maximum absolute atomic E-state index is 11.2. The van der Waals surface area contributed by atoms with Crippen molar-refractivity contribution in [1.29, 1.82) is 0 Å². The molecule has 1 N–H and O–H groups in total. The van der Waals surface area contributed by atoms with Gasteiger partial charge in [-0.2, -0.15) is 0 Å². The zero-order chi connectivity index (χ0) is 12.3. The lowest BCUT2D eigenvalue weighted by Gasteiger charge is -2.02. The number of benzene rings is 1. The Balaban J connectivity index is 2.07. The van der Waals surface area contributed by atoms with Gasteiger partial charge < -0.3 is 9.52 Å². The molecule has 88 valence electrons.